The summed E-state index contributed by atoms with van der Waals surface area (Å²) in [6.45, 7) is 5.42. The number of hydrogen-bond donors (Lipinski definition) is 0. The molecule has 1 aromatic heterocycles. The first-order chi connectivity index (χ1) is 13.7. The van der Waals surface area contributed by atoms with Crippen LogP contribution in [0.3, 0.4) is 0 Å². The van der Waals surface area contributed by atoms with Crippen LogP contribution in [-0.2, 0) is 25.5 Å². The Morgan fingerprint density at radius 1 is 1.10 bits per heavy atom. The fourth-order valence-electron chi connectivity index (χ4n) is 5.79. The summed E-state index contributed by atoms with van der Waals surface area (Å²) in [7, 11) is 0. The first-order valence-corrected chi connectivity index (χ1v) is 10.1. The third-order valence-corrected chi connectivity index (χ3v) is 6.72. The molecule has 0 saturated heterocycles. The van der Waals surface area contributed by atoms with Crippen molar-refractivity contribution in [2.75, 3.05) is 0 Å². The zero-order valence-corrected chi connectivity index (χ0v) is 16.7. The second-order valence-electron chi connectivity index (χ2n) is 9.45. The molecule has 6 nitrogen and oxygen atoms in total. The van der Waals surface area contributed by atoms with Gasteiger partial charge in [-0.15, -0.1) is 0 Å². The molecule has 29 heavy (non-hydrogen) atoms. The van der Waals surface area contributed by atoms with E-state index in [4.69, 9.17) is 4.74 Å². The molecule has 0 N–H and O–H groups in total. The van der Waals surface area contributed by atoms with Gasteiger partial charge in [-0.2, -0.15) is 0 Å². The van der Waals surface area contributed by atoms with Crippen molar-refractivity contribution in [2.45, 2.75) is 45.1 Å². The van der Waals surface area contributed by atoms with E-state index in [1.807, 2.05) is 24.3 Å². The summed E-state index contributed by atoms with van der Waals surface area (Å²) in [6, 6.07) is 7.50. The molecule has 1 heterocycles. The third-order valence-electron chi connectivity index (χ3n) is 6.72. The van der Waals surface area contributed by atoms with Gasteiger partial charge in [0.25, 0.3) is 0 Å². The lowest BCUT2D eigenvalue weighted by Crippen LogP contribution is -2.58. The lowest BCUT2D eigenvalue weighted by atomic mass is 9.49. The molecule has 3 saturated carbocycles. The van der Waals surface area contributed by atoms with Gasteiger partial charge in [-0.1, -0.05) is 18.2 Å². The summed E-state index contributed by atoms with van der Waals surface area (Å²) in [4.78, 5) is 50.9. The zero-order valence-electron chi connectivity index (χ0n) is 16.7. The standard InChI is InChI=1S/C23H23NO5/c1-23(2,3)29-22(28)24-15-7-5-4-6-11(15)18-16(24)8-13-19-17(26)9-12(21(13)27)14(10-25)20(18)19/h4-7,10,12-14,19-20H,8-9H2,1-3H3/t12-,13-,14+,19+,20+/m1/s1. The molecule has 3 fully saturated rings. The van der Waals surface area contributed by atoms with Crippen molar-refractivity contribution in [3.8, 4) is 0 Å². The van der Waals surface area contributed by atoms with Crippen molar-refractivity contribution in [1.29, 1.82) is 0 Å². The lowest BCUT2D eigenvalue weighted by Gasteiger charge is -2.51. The Morgan fingerprint density at radius 3 is 2.52 bits per heavy atom. The second-order valence-corrected chi connectivity index (χ2v) is 9.45. The zero-order chi connectivity index (χ0) is 20.7. The van der Waals surface area contributed by atoms with Gasteiger partial charge in [-0.05, 0) is 38.8 Å². The van der Waals surface area contributed by atoms with Gasteiger partial charge in [0.05, 0.1) is 5.52 Å². The van der Waals surface area contributed by atoms with E-state index in [9.17, 15) is 19.2 Å². The Hall–Kier alpha value is -2.76. The fourth-order valence-corrected chi connectivity index (χ4v) is 5.79. The lowest BCUT2D eigenvalue weighted by molar-refractivity contribution is -0.155. The van der Waals surface area contributed by atoms with Gasteiger partial charge in [0.15, 0.2) is 0 Å². The first kappa shape index (κ1) is 18.3. The molecule has 0 unspecified atom stereocenters. The molecule has 4 aliphatic carbocycles. The van der Waals surface area contributed by atoms with Gasteiger partial charge >= 0.3 is 6.09 Å². The van der Waals surface area contributed by atoms with Crippen LogP contribution in [0.15, 0.2) is 24.3 Å². The summed E-state index contributed by atoms with van der Waals surface area (Å²) < 4.78 is 7.19. The Labute approximate surface area is 168 Å². The van der Waals surface area contributed by atoms with E-state index in [1.54, 1.807) is 25.3 Å². The van der Waals surface area contributed by atoms with Gasteiger partial charge in [-0.3, -0.25) is 9.59 Å². The van der Waals surface area contributed by atoms with Crippen molar-refractivity contribution in [3.05, 3.63) is 35.5 Å². The number of ether oxygens (including phenoxy) is 1. The van der Waals surface area contributed by atoms with E-state index >= 15 is 0 Å². The monoisotopic (exact) mass is 393 g/mol. The van der Waals surface area contributed by atoms with Gasteiger partial charge in [0.2, 0.25) is 0 Å². The maximum atomic E-state index is 13.1. The number of aromatic nitrogens is 1. The highest BCUT2D eigenvalue weighted by Crippen LogP contribution is 2.58. The van der Waals surface area contributed by atoms with Gasteiger partial charge in [0.1, 0.15) is 23.5 Å². The van der Waals surface area contributed by atoms with Crippen molar-refractivity contribution in [2.24, 2.45) is 23.7 Å². The average Bonchev–Trinajstić information content (AvgIpc) is 2.98. The van der Waals surface area contributed by atoms with Crippen molar-refractivity contribution in [3.63, 3.8) is 0 Å². The molecule has 6 rings (SSSR count). The number of fused-ring (bicyclic) bond motifs is 4. The van der Waals surface area contributed by atoms with Gasteiger partial charge in [0, 0.05) is 47.1 Å². The van der Waals surface area contributed by atoms with E-state index < -0.39 is 35.4 Å². The molecule has 5 atom stereocenters. The van der Waals surface area contributed by atoms with Crippen LogP contribution >= 0.6 is 0 Å². The molecule has 0 spiro atoms. The van der Waals surface area contributed by atoms with E-state index in [1.165, 1.54) is 0 Å². The van der Waals surface area contributed by atoms with Crippen LogP contribution in [0.5, 0.6) is 0 Å². The third kappa shape index (κ3) is 2.41. The van der Waals surface area contributed by atoms with E-state index in [2.05, 4.69) is 0 Å². The van der Waals surface area contributed by atoms with Crippen LogP contribution in [0.4, 0.5) is 4.79 Å². The van der Waals surface area contributed by atoms with Gasteiger partial charge < -0.3 is 9.53 Å². The number of benzene rings is 1. The first-order valence-electron chi connectivity index (χ1n) is 10.1. The minimum atomic E-state index is -0.671. The number of carbonyl (C=O) groups is 4. The number of carbonyl (C=O) groups excluding carboxylic acids is 4. The predicted octanol–water partition coefficient (Wildman–Crippen LogP) is 3.28. The van der Waals surface area contributed by atoms with Crippen LogP contribution in [0.2, 0.25) is 0 Å². The van der Waals surface area contributed by atoms with Crippen molar-refractivity contribution >= 4 is 34.8 Å². The van der Waals surface area contributed by atoms with Crippen LogP contribution < -0.4 is 0 Å². The fraction of sp³-hybridized carbons (Fsp3) is 0.478. The molecule has 150 valence electrons. The summed E-state index contributed by atoms with van der Waals surface area (Å²) in [5.74, 6) is -2.25. The van der Waals surface area contributed by atoms with Crippen molar-refractivity contribution in [1.82, 2.24) is 4.57 Å². The average molecular weight is 393 g/mol. The number of ketones is 2. The molecule has 0 amide bonds. The molecule has 2 aromatic rings. The Balaban J connectivity index is 1.78. The molecule has 4 aliphatic rings. The summed E-state index contributed by atoms with van der Waals surface area (Å²) in [5, 5.41) is 0.858. The molecule has 0 radical (unpaired) electrons. The van der Waals surface area contributed by atoms with Crippen molar-refractivity contribution < 1.29 is 23.9 Å². The highest BCUT2D eigenvalue weighted by Gasteiger charge is 2.61. The smallest absolute Gasteiger partial charge is 0.419 e. The SMILES string of the molecule is CC(C)(C)OC(=O)n1c2c(c3ccccc31)[C@@H]1[C@@H](C=O)[C@H]3CC(=O)[C@@H]1[C@@H](C2)C3=O. The topological polar surface area (TPSA) is 82.4 Å². The number of para-hydroxylation sites is 1. The van der Waals surface area contributed by atoms with Crippen LogP contribution in [0.1, 0.15) is 44.4 Å². The molecule has 0 aliphatic heterocycles. The summed E-state index contributed by atoms with van der Waals surface area (Å²) in [5.41, 5.74) is 1.60. The number of nitrogens with zero attached hydrogens (tertiary/aromatic N) is 1. The number of hydrogen-bond acceptors (Lipinski definition) is 5. The number of rotatable bonds is 1. The normalized spacial score (nSPS) is 30.4. The Kier molecular flexibility index (Phi) is 3.70. The quantitative estimate of drug-likeness (QED) is 0.695. The Bertz CT molecular complexity index is 1090. The minimum Gasteiger partial charge on any atom is -0.443 e. The van der Waals surface area contributed by atoms with E-state index in [0.29, 0.717) is 17.6 Å². The Morgan fingerprint density at radius 2 is 1.83 bits per heavy atom. The molecule has 6 heteroatoms. The number of Topliss-reactive ketones (excluding diaryl/α,β-unsaturated/α-hetero) is 2. The maximum absolute atomic E-state index is 13.1. The summed E-state index contributed by atoms with van der Waals surface area (Å²) >= 11 is 0. The molecule has 1 aromatic carbocycles. The highest BCUT2D eigenvalue weighted by atomic mass is 16.6. The highest BCUT2D eigenvalue weighted by molar-refractivity contribution is 6.05. The minimum absolute atomic E-state index is 0.00500. The maximum Gasteiger partial charge on any atom is 0.419 e. The number of aldehydes is 1. The molecule has 4 bridgehead atoms. The molecular formula is C23H23NO5. The summed E-state index contributed by atoms with van der Waals surface area (Å²) in [6.07, 6.45) is 0.843. The van der Waals surface area contributed by atoms with Crippen LogP contribution in [-0.4, -0.2) is 34.1 Å². The van der Waals surface area contributed by atoms with E-state index in [-0.39, 0.29) is 23.9 Å². The van der Waals surface area contributed by atoms with Gasteiger partial charge in [-0.25, -0.2) is 9.36 Å². The largest absolute Gasteiger partial charge is 0.443 e. The second kappa shape index (κ2) is 5.88. The van der Waals surface area contributed by atoms with E-state index in [0.717, 1.165) is 17.2 Å². The molecular weight excluding hydrogens is 370 g/mol. The van der Waals surface area contributed by atoms with Crippen LogP contribution in [0, 0.1) is 23.7 Å². The predicted molar refractivity (Wildman–Crippen MR) is 105 cm³/mol. The van der Waals surface area contributed by atoms with Crippen LogP contribution in [0.25, 0.3) is 10.9 Å².